The minimum Gasteiger partial charge on any atom is -0.489 e. The molecule has 4 aromatic carbocycles. The number of rotatable bonds is 8. The quantitative estimate of drug-likeness (QED) is 0.197. The zero-order valence-electron chi connectivity index (χ0n) is 22.6. The van der Waals surface area contributed by atoms with Crippen molar-refractivity contribution < 1.29 is 19.7 Å². The Morgan fingerprint density at radius 3 is 2.34 bits per heavy atom. The van der Waals surface area contributed by atoms with Gasteiger partial charge in [-0.05, 0) is 89.7 Å². The average Bonchev–Trinajstić information content (AvgIpc) is 3.40. The van der Waals surface area contributed by atoms with Crippen molar-refractivity contribution in [3.63, 3.8) is 0 Å². The van der Waals surface area contributed by atoms with Gasteiger partial charge in [0.2, 0.25) is 0 Å². The molecule has 1 heterocycles. The number of aromatic nitrogens is 2. The molecule has 1 aromatic heterocycles. The Labute approximate surface area is 243 Å². The number of ether oxygens (including phenoxy) is 1. The number of nitrogens with zero attached hydrogens (tertiary/aromatic N) is 2. The van der Waals surface area contributed by atoms with Gasteiger partial charge in [0.1, 0.15) is 18.2 Å². The van der Waals surface area contributed by atoms with Gasteiger partial charge in [0.15, 0.2) is 0 Å². The number of carbonyl (C=O) groups is 1. The highest BCUT2D eigenvalue weighted by Crippen LogP contribution is 2.37. The van der Waals surface area contributed by atoms with E-state index in [0.29, 0.717) is 23.2 Å². The molecule has 0 spiro atoms. The van der Waals surface area contributed by atoms with Gasteiger partial charge in [-0.2, -0.15) is 0 Å². The van der Waals surface area contributed by atoms with Crippen molar-refractivity contribution in [2.24, 2.45) is 0 Å². The molecule has 1 aliphatic rings. The van der Waals surface area contributed by atoms with Crippen LogP contribution in [0.5, 0.6) is 5.75 Å². The van der Waals surface area contributed by atoms with Gasteiger partial charge in [-0.3, -0.25) is 0 Å². The summed E-state index contributed by atoms with van der Waals surface area (Å²) in [6.07, 6.45) is 5.79. The summed E-state index contributed by atoms with van der Waals surface area (Å²) in [7, 11) is 0. The van der Waals surface area contributed by atoms with Crippen molar-refractivity contribution in [3.05, 3.63) is 107 Å². The molecule has 6 nitrogen and oxygen atoms in total. The minimum atomic E-state index is -0.952. The molecule has 5 aromatic rings. The van der Waals surface area contributed by atoms with Crippen molar-refractivity contribution in [3.8, 4) is 28.3 Å². The molecular formula is C34H31ClN2O4. The maximum Gasteiger partial charge on any atom is 0.335 e. The van der Waals surface area contributed by atoms with E-state index in [4.69, 9.17) is 21.3 Å². The molecule has 2 N–H and O–H groups in total. The number of halogens is 1. The highest BCUT2D eigenvalue weighted by Gasteiger charge is 2.23. The lowest BCUT2D eigenvalue weighted by atomic mass is 9.95. The predicted octanol–water partition coefficient (Wildman–Crippen LogP) is 8.30. The van der Waals surface area contributed by atoms with Crippen LogP contribution in [-0.4, -0.2) is 25.7 Å². The maximum absolute atomic E-state index is 11.6. The lowest BCUT2D eigenvalue weighted by molar-refractivity contribution is 0.0697. The summed E-state index contributed by atoms with van der Waals surface area (Å²) >= 11 is 6.33. The number of fused-ring (bicyclic) bond motifs is 1. The van der Waals surface area contributed by atoms with Crippen LogP contribution in [0.1, 0.15) is 59.6 Å². The fraction of sp³-hybridized carbons (Fsp3) is 0.235. The Balaban J connectivity index is 1.27. The largest absolute Gasteiger partial charge is 0.489 e. The summed E-state index contributed by atoms with van der Waals surface area (Å²) in [5, 5.41) is 19.5. The van der Waals surface area contributed by atoms with E-state index < -0.39 is 5.97 Å². The van der Waals surface area contributed by atoms with Crippen molar-refractivity contribution in [1.82, 2.24) is 9.55 Å². The first kappa shape index (κ1) is 27.1. The molecule has 0 amide bonds. The molecule has 0 aliphatic heterocycles. The Kier molecular flexibility index (Phi) is 7.77. The van der Waals surface area contributed by atoms with E-state index in [1.165, 1.54) is 19.3 Å². The molecule has 1 saturated carbocycles. The van der Waals surface area contributed by atoms with Crippen LogP contribution in [0, 0.1) is 0 Å². The second-order valence-corrected chi connectivity index (χ2v) is 11.0. The van der Waals surface area contributed by atoms with Crippen LogP contribution in [0.4, 0.5) is 0 Å². The molecule has 0 saturated heterocycles. The molecule has 41 heavy (non-hydrogen) atoms. The van der Waals surface area contributed by atoms with Crippen LogP contribution < -0.4 is 4.74 Å². The van der Waals surface area contributed by atoms with Crippen molar-refractivity contribution in [2.45, 2.75) is 51.4 Å². The topological polar surface area (TPSA) is 84.6 Å². The van der Waals surface area contributed by atoms with E-state index in [1.54, 1.807) is 12.1 Å². The minimum absolute atomic E-state index is 0.00710. The summed E-state index contributed by atoms with van der Waals surface area (Å²) in [6.45, 7) is 0.350. The monoisotopic (exact) mass is 566 g/mol. The van der Waals surface area contributed by atoms with Crippen molar-refractivity contribution in [1.29, 1.82) is 0 Å². The number of aliphatic hydroxyl groups is 1. The standard InChI is InChI=1S/C34H31ClN2O4/c35-27-13-16-30(23-8-6-22(20-38)7-9-23)26(18-27)21-41-29-14-10-24(11-15-29)33-36-31-19-25(34(39)40)12-17-32(31)37(33)28-4-2-1-3-5-28/h6-19,28,38H,1-5,20-21H2,(H,39,40). The third-order valence-corrected chi connectivity index (χ3v) is 8.13. The average molecular weight is 567 g/mol. The van der Waals surface area contributed by atoms with E-state index in [1.807, 2.05) is 72.8 Å². The van der Waals surface area contributed by atoms with E-state index in [-0.39, 0.29) is 12.2 Å². The van der Waals surface area contributed by atoms with Gasteiger partial charge < -0.3 is 19.5 Å². The second kappa shape index (κ2) is 11.8. The van der Waals surface area contributed by atoms with Crippen LogP contribution in [0.2, 0.25) is 5.02 Å². The Hall–Kier alpha value is -4.13. The lowest BCUT2D eigenvalue weighted by Crippen LogP contribution is -2.14. The van der Waals surface area contributed by atoms with E-state index >= 15 is 0 Å². The van der Waals surface area contributed by atoms with Crippen molar-refractivity contribution in [2.75, 3.05) is 0 Å². The van der Waals surface area contributed by atoms with Crippen LogP contribution >= 0.6 is 11.6 Å². The first-order valence-electron chi connectivity index (χ1n) is 14.0. The van der Waals surface area contributed by atoms with Crippen LogP contribution in [0.25, 0.3) is 33.5 Å². The van der Waals surface area contributed by atoms with Crippen LogP contribution in [0.3, 0.4) is 0 Å². The fourth-order valence-electron chi connectivity index (χ4n) is 5.76. The zero-order chi connectivity index (χ0) is 28.3. The highest BCUT2D eigenvalue weighted by atomic mass is 35.5. The first-order chi connectivity index (χ1) is 20.0. The third kappa shape index (κ3) is 5.71. The molecular weight excluding hydrogens is 536 g/mol. The summed E-state index contributed by atoms with van der Waals surface area (Å²) < 4.78 is 8.50. The molecule has 0 unspecified atom stereocenters. The number of hydrogen-bond acceptors (Lipinski definition) is 4. The van der Waals surface area contributed by atoms with Crippen LogP contribution in [0.15, 0.2) is 84.9 Å². The number of aromatic carboxylic acids is 1. The Morgan fingerprint density at radius 2 is 1.63 bits per heavy atom. The molecule has 0 bridgehead atoms. The first-order valence-corrected chi connectivity index (χ1v) is 14.3. The summed E-state index contributed by atoms with van der Waals surface area (Å²) in [4.78, 5) is 16.5. The van der Waals surface area contributed by atoms with E-state index in [2.05, 4.69) is 4.57 Å². The van der Waals surface area contributed by atoms with E-state index in [9.17, 15) is 15.0 Å². The third-order valence-electron chi connectivity index (χ3n) is 7.90. The molecule has 6 rings (SSSR count). The molecule has 0 atom stereocenters. The maximum atomic E-state index is 11.6. The predicted molar refractivity (Wildman–Crippen MR) is 161 cm³/mol. The lowest BCUT2D eigenvalue weighted by Gasteiger charge is -2.25. The molecule has 0 radical (unpaired) electrons. The van der Waals surface area contributed by atoms with Gasteiger partial charge in [-0.15, -0.1) is 0 Å². The van der Waals surface area contributed by atoms with Gasteiger partial charge >= 0.3 is 5.97 Å². The van der Waals surface area contributed by atoms with Gasteiger partial charge in [-0.1, -0.05) is 61.2 Å². The highest BCUT2D eigenvalue weighted by molar-refractivity contribution is 6.30. The second-order valence-electron chi connectivity index (χ2n) is 10.6. The summed E-state index contributed by atoms with van der Waals surface area (Å²) in [5.41, 5.74) is 6.75. The normalized spacial score (nSPS) is 13.9. The fourth-order valence-corrected chi connectivity index (χ4v) is 5.95. The number of aliphatic hydroxyl groups excluding tert-OH is 1. The number of hydrogen-bond donors (Lipinski definition) is 2. The SMILES string of the molecule is O=C(O)c1ccc2c(c1)nc(-c1ccc(OCc3cc(Cl)ccc3-c3ccc(CO)cc3)cc1)n2C1CCCCC1. The molecule has 1 fully saturated rings. The van der Waals surface area contributed by atoms with Crippen molar-refractivity contribution >= 4 is 28.6 Å². The molecule has 7 heteroatoms. The van der Waals surface area contributed by atoms with Gasteiger partial charge in [0, 0.05) is 16.6 Å². The number of carboxylic acid groups (broad SMARTS) is 1. The number of benzene rings is 4. The summed E-state index contributed by atoms with van der Waals surface area (Å²) in [6, 6.07) is 27.1. The Bertz CT molecular complexity index is 1690. The van der Waals surface area contributed by atoms with E-state index in [0.717, 1.165) is 57.7 Å². The Morgan fingerprint density at radius 1 is 0.902 bits per heavy atom. The van der Waals surface area contributed by atoms with Gasteiger partial charge in [0.25, 0.3) is 0 Å². The van der Waals surface area contributed by atoms with Gasteiger partial charge in [-0.25, -0.2) is 9.78 Å². The molecule has 1 aliphatic carbocycles. The zero-order valence-corrected chi connectivity index (χ0v) is 23.3. The van der Waals surface area contributed by atoms with Crippen LogP contribution in [-0.2, 0) is 13.2 Å². The van der Waals surface area contributed by atoms with Gasteiger partial charge in [0.05, 0.1) is 23.2 Å². The molecule has 208 valence electrons. The summed E-state index contributed by atoms with van der Waals surface area (Å²) in [5.74, 6) is 0.625. The number of carboxylic acids is 1. The smallest absolute Gasteiger partial charge is 0.335 e. The number of imidazole rings is 1.